The summed E-state index contributed by atoms with van der Waals surface area (Å²) in [4.78, 5) is 6.87. The lowest BCUT2D eigenvalue weighted by molar-refractivity contribution is 0.405. The van der Waals surface area contributed by atoms with Gasteiger partial charge >= 0.3 is 0 Å². The molecule has 132 valence electrons. The van der Waals surface area contributed by atoms with Crippen LogP contribution in [-0.4, -0.2) is 46.7 Å². The van der Waals surface area contributed by atoms with Crippen molar-refractivity contribution in [3.63, 3.8) is 0 Å². The molecule has 1 N–H and O–H groups in total. The normalized spacial score (nSPS) is 11.4. The molecule has 0 radical (unpaired) electrons. The zero-order valence-corrected chi connectivity index (χ0v) is 15.9. The van der Waals surface area contributed by atoms with E-state index in [0.29, 0.717) is 5.02 Å². The van der Waals surface area contributed by atoms with Crippen molar-refractivity contribution in [2.75, 3.05) is 32.5 Å². The van der Waals surface area contributed by atoms with Crippen molar-refractivity contribution in [2.24, 2.45) is 0 Å². The van der Waals surface area contributed by atoms with E-state index in [2.05, 4.69) is 36.2 Å². The molecule has 0 aliphatic carbocycles. The number of anilines is 1. The van der Waals surface area contributed by atoms with Gasteiger partial charge in [-0.25, -0.2) is 4.98 Å². The first-order valence-electron chi connectivity index (χ1n) is 8.47. The molecule has 6 heteroatoms. The molecule has 0 aliphatic heterocycles. The minimum Gasteiger partial charge on any atom is -0.370 e. The van der Waals surface area contributed by atoms with E-state index in [4.69, 9.17) is 16.7 Å². The van der Waals surface area contributed by atoms with Gasteiger partial charge in [-0.05, 0) is 53.0 Å². The molecule has 5 nitrogen and oxygen atoms in total. The first-order chi connectivity index (χ1) is 12.0. The molecule has 0 unspecified atom stereocenters. The van der Waals surface area contributed by atoms with Crippen LogP contribution in [0.5, 0.6) is 0 Å². The largest absolute Gasteiger partial charge is 0.370 e. The molecule has 0 amide bonds. The molecule has 0 bridgehead atoms. The number of aromatic nitrogens is 3. The summed E-state index contributed by atoms with van der Waals surface area (Å²) in [5, 5.41) is 9.00. The number of aryl methyl sites for hydroxylation is 2. The van der Waals surface area contributed by atoms with Gasteiger partial charge in [-0.1, -0.05) is 23.7 Å². The molecule has 2 heterocycles. The summed E-state index contributed by atoms with van der Waals surface area (Å²) >= 11 is 6.15. The molecule has 0 saturated carbocycles. The lowest BCUT2D eigenvalue weighted by atomic mass is 10.1. The highest BCUT2D eigenvalue weighted by Crippen LogP contribution is 2.28. The zero-order valence-electron chi connectivity index (χ0n) is 15.2. The van der Waals surface area contributed by atoms with Crippen LogP contribution in [0.25, 0.3) is 16.9 Å². The Kier molecular flexibility index (Phi) is 5.25. The van der Waals surface area contributed by atoms with E-state index in [9.17, 15) is 0 Å². The summed E-state index contributed by atoms with van der Waals surface area (Å²) in [6, 6.07) is 9.82. The minimum absolute atomic E-state index is 0.708. The van der Waals surface area contributed by atoms with Gasteiger partial charge < -0.3 is 10.2 Å². The van der Waals surface area contributed by atoms with E-state index in [0.717, 1.165) is 53.5 Å². The monoisotopic (exact) mass is 357 g/mol. The molecule has 0 fully saturated rings. The number of hydrogen-bond acceptors (Lipinski definition) is 4. The molecule has 2 aromatic heterocycles. The Bertz CT molecular complexity index is 885. The number of nitrogens with one attached hydrogen (secondary N) is 1. The third-order valence-corrected chi connectivity index (χ3v) is 4.37. The number of rotatable bonds is 6. The lowest BCUT2D eigenvalue weighted by Crippen LogP contribution is -2.17. The van der Waals surface area contributed by atoms with Crippen LogP contribution >= 0.6 is 11.6 Å². The molecule has 3 aromatic rings. The van der Waals surface area contributed by atoms with Crippen LogP contribution in [0.4, 0.5) is 5.82 Å². The number of nitrogens with zero attached hydrogens (tertiary/aromatic N) is 4. The fourth-order valence-corrected chi connectivity index (χ4v) is 3.08. The Morgan fingerprint density at radius 3 is 2.72 bits per heavy atom. The van der Waals surface area contributed by atoms with Gasteiger partial charge in [0.25, 0.3) is 0 Å². The highest BCUT2D eigenvalue weighted by atomic mass is 35.5. The molecule has 0 atom stereocenters. The van der Waals surface area contributed by atoms with Gasteiger partial charge in [0.2, 0.25) is 0 Å². The Labute approximate surface area is 153 Å². The van der Waals surface area contributed by atoms with Gasteiger partial charge in [-0.15, -0.1) is 0 Å². The Morgan fingerprint density at radius 1 is 1.20 bits per heavy atom. The first-order valence-corrected chi connectivity index (χ1v) is 8.85. The SMILES string of the molecule is Cc1cc(NCCCN(C)C)n2nc(-c3cccc(Cl)c3)c(C)c2n1. The minimum atomic E-state index is 0.708. The van der Waals surface area contributed by atoms with Crippen molar-refractivity contribution in [3.05, 3.63) is 46.6 Å². The predicted octanol–water partition coefficient (Wildman–Crippen LogP) is 4.03. The van der Waals surface area contributed by atoms with E-state index in [1.807, 2.05) is 41.8 Å². The smallest absolute Gasteiger partial charge is 0.161 e. The lowest BCUT2D eigenvalue weighted by Gasteiger charge is -2.12. The average Bonchev–Trinajstić information content (AvgIpc) is 2.88. The Morgan fingerprint density at radius 2 is 2.00 bits per heavy atom. The standard InChI is InChI=1S/C19H24ClN5/c1-13-11-17(21-9-6-10-24(3)4)25-19(22-13)14(2)18(23-25)15-7-5-8-16(20)12-15/h5,7-8,11-12,21H,6,9-10H2,1-4H3. The molecular weight excluding hydrogens is 334 g/mol. The van der Waals surface area contributed by atoms with E-state index < -0.39 is 0 Å². The Balaban J connectivity index is 1.97. The number of halogens is 1. The van der Waals surface area contributed by atoms with E-state index >= 15 is 0 Å². The number of fused-ring (bicyclic) bond motifs is 1. The molecule has 25 heavy (non-hydrogen) atoms. The summed E-state index contributed by atoms with van der Waals surface area (Å²) in [5.74, 6) is 0.970. The quantitative estimate of drug-likeness (QED) is 0.676. The highest BCUT2D eigenvalue weighted by Gasteiger charge is 2.15. The number of benzene rings is 1. The van der Waals surface area contributed by atoms with E-state index in [-0.39, 0.29) is 0 Å². The van der Waals surface area contributed by atoms with Crippen molar-refractivity contribution < 1.29 is 0 Å². The molecular formula is C19H24ClN5. The number of hydrogen-bond donors (Lipinski definition) is 1. The summed E-state index contributed by atoms with van der Waals surface area (Å²) in [7, 11) is 4.17. The maximum atomic E-state index is 6.15. The third-order valence-electron chi connectivity index (χ3n) is 4.13. The summed E-state index contributed by atoms with van der Waals surface area (Å²) in [6.45, 7) is 6.01. The molecule has 1 aromatic carbocycles. The average molecular weight is 358 g/mol. The summed E-state index contributed by atoms with van der Waals surface area (Å²) < 4.78 is 1.90. The first kappa shape index (κ1) is 17.7. The second-order valence-corrected chi connectivity index (χ2v) is 7.02. The van der Waals surface area contributed by atoms with Crippen molar-refractivity contribution in [1.29, 1.82) is 0 Å². The maximum Gasteiger partial charge on any atom is 0.161 e. The van der Waals surface area contributed by atoms with Crippen LogP contribution in [0.15, 0.2) is 30.3 Å². The van der Waals surface area contributed by atoms with Gasteiger partial charge in [0.05, 0.1) is 5.69 Å². The molecule has 0 saturated heterocycles. The summed E-state index contributed by atoms with van der Waals surface area (Å²) in [6.07, 6.45) is 1.07. The van der Waals surface area contributed by atoms with Gasteiger partial charge in [0.15, 0.2) is 5.65 Å². The van der Waals surface area contributed by atoms with Crippen LogP contribution in [0.2, 0.25) is 5.02 Å². The van der Waals surface area contributed by atoms with Crippen LogP contribution in [-0.2, 0) is 0 Å². The molecule has 3 rings (SSSR count). The second-order valence-electron chi connectivity index (χ2n) is 6.59. The van der Waals surface area contributed by atoms with Crippen molar-refractivity contribution >= 4 is 23.1 Å². The van der Waals surface area contributed by atoms with Crippen LogP contribution in [0.1, 0.15) is 17.7 Å². The fraction of sp³-hybridized carbons (Fsp3) is 0.368. The van der Waals surface area contributed by atoms with Gasteiger partial charge in [0.1, 0.15) is 5.82 Å². The second kappa shape index (κ2) is 7.42. The van der Waals surface area contributed by atoms with Crippen molar-refractivity contribution in [2.45, 2.75) is 20.3 Å². The zero-order chi connectivity index (χ0) is 18.0. The Hall–Kier alpha value is -2.11. The van der Waals surface area contributed by atoms with E-state index in [1.165, 1.54) is 0 Å². The van der Waals surface area contributed by atoms with Crippen LogP contribution in [0, 0.1) is 13.8 Å². The van der Waals surface area contributed by atoms with Crippen molar-refractivity contribution in [3.8, 4) is 11.3 Å². The van der Waals surface area contributed by atoms with Gasteiger partial charge in [-0.3, -0.25) is 0 Å². The topological polar surface area (TPSA) is 45.5 Å². The van der Waals surface area contributed by atoms with E-state index in [1.54, 1.807) is 0 Å². The van der Waals surface area contributed by atoms with Gasteiger partial charge in [-0.2, -0.15) is 9.61 Å². The molecule has 0 spiro atoms. The molecule has 0 aliphatic rings. The highest BCUT2D eigenvalue weighted by molar-refractivity contribution is 6.30. The third kappa shape index (κ3) is 3.94. The fourth-order valence-electron chi connectivity index (χ4n) is 2.89. The van der Waals surface area contributed by atoms with Crippen molar-refractivity contribution in [1.82, 2.24) is 19.5 Å². The summed E-state index contributed by atoms with van der Waals surface area (Å²) in [5.41, 5.74) is 4.83. The van der Waals surface area contributed by atoms with Gasteiger partial charge in [0, 0.05) is 34.5 Å². The predicted molar refractivity (Wildman–Crippen MR) is 105 cm³/mol. The van der Waals surface area contributed by atoms with Crippen LogP contribution in [0.3, 0.4) is 0 Å². The maximum absolute atomic E-state index is 6.15. The van der Waals surface area contributed by atoms with Crippen LogP contribution < -0.4 is 5.32 Å².